The van der Waals surface area contributed by atoms with Crippen LogP contribution < -0.4 is 10.2 Å². The summed E-state index contributed by atoms with van der Waals surface area (Å²) in [6, 6.07) is 10.2. The summed E-state index contributed by atoms with van der Waals surface area (Å²) in [7, 11) is 0. The molecule has 1 aliphatic heterocycles. The third-order valence-electron chi connectivity index (χ3n) is 4.56. The maximum atomic E-state index is 12.7. The molecule has 1 unspecified atom stereocenters. The number of para-hydroxylation sites is 2. The molecule has 0 bridgehead atoms. The number of amides is 2. The van der Waals surface area contributed by atoms with Crippen LogP contribution in [0.15, 0.2) is 36.4 Å². The number of carbonyl (C=O) groups excluding carboxylic acids is 4. The first-order valence-corrected chi connectivity index (χ1v) is 10.1. The highest BCUT2D eigenvalue weighted by Gasteiger charge is 2.30. The molecular weight excluding hydrogens is 392 g/mol. The summed E-state index contributed by atoms with van der Waals surface area (Å²) >= 11 is 1.38. The van der Waals surface area contributed by atoms with Gasteiger partial charge >= 0.3 is 5.97 Å². The van der Waals surface area contributed by atoms with Gasteiger partial charge in [0.1, 0.15) is 0 Å². The van der Waals surface area contributed by atoms with Crippen molar-refractivity contribution in [2.45, 2.75) is 39.2 Å². The fourth-order valence-corrected chi connectivity index (χ4v) is 4.01. The second-order valence-electron chi connectivity index (χ2n) is 6.88. The number of anilines is 2. The lowest BCUT2D eigenvalue weighted by Gasteiger charge is -2.27. The summed E-state index contributed by atoms with van der Waals surface area (Å²) < 4.78 is 5.10. The highest BCUT2D eigenvalue weighted by atomic mass is 32.1. The molecule has 1 atom stereocenters. The van der Waals surface area contributed by atoms with Crippen molar-refractivity contribution in [1.29, 1.82) is 0 Å². The second kappa shape index (κ2) is 9.00. The van der Waals surface area contributed by atoms with E-state index in [2.05, 4.69) is 5.32 Å². The van der Waals surface area contributed by atoms with Crippen LogP contribution in [-0.2, 0) is 19.1 Å². The van der Waals surface area contributed by atoms with Crippen LogP contribution in [0.25, 0.3) is 0 Å². The van der Waals surface area contributed by atoms with E-state index in [-0.39, 0.29) is 37.0 Å². The molecule has 8 heteroatoms. The van der Waals surface area contributed by atoms with Crippen LogP contribution in [0.5, 0.6) is 0 Å². The molecule has 2 aromatic rings. The molecule has 152 valence electrons. The first kappa shape index (κ1) is 20.7. The van der Waals surface area contributed by atoms with E-state index in [1.807, 2.05) is 13.0 Å². The molecule has 1 aromatic carbocycles. The smallest absolute Gasteiger partial charge is 0.306 e. The molecule has 0 aliphatic carbocycles. The van der Waals surface area contributed by atoms with Crippen molar-refractivity contribution in [3.8, 4) is 0 Å². The maximum absolute atomic E-state index is 12.7. The fourth-order valence-electron chi connectivity index (χ4n) is 3.17. The first-order chi connectivity index (χ1) is 13.8. The number of ketones is 1. The summed E-state index contributed by atoms with van der Waals surface area (Å²) in [5.41, 5.74) is 1.11. The van der Waals surface area contributed by atoms with Crippen LogP contribution in [0.3, 0.4) is 0 Å². The number of esters is 1. The summed E-state index contributed by atoms with van der Waals surface area (Å²) in [6.45, 7) is 3.23. The normalized spacial score (nSPS) is 15.9. The molecular formula is C21H22N2O5S. The van der Waals surface area contributed by atoms with Gasteiger partial charge in [-0.25, -0.2) is 0 Å². The lowest BCUT2D eigenvalue weighted by Crippen LogP contribution is -2.41. The van der Waals surface area contributed by atoms with E-state index in [0.717, 1.165) is 4.88 Å². The van der Waals surface area contributed by atoms with E-state index in [4.69, 9.17) is 4.74 Å². The van der Waals surface area contributed by atoms with E-state index in [9.17, 15) is 19.2 Å². The maximum Gasteiger partial charge on any atom is 0.306 e. The first-order valence-electron chi connectivity index (χ1n) is 9.31. The van der Waals surface area contributed by atoms with Crippen molar-refractivity contribution in [3.05, 3.63) is 46.2 Å². The van der Waals surface area contributed by atoms with Crippen LogP contribution in [0.4, 0.5) is 11.4 Å². The molecule has 1 aliphatic rings. The fraction of sp³-hybridized carbons (Fsp3) is 0.333. The third-order valence-corrected chi connectivity index (χ3v) is 5.60. The minimum Gasteiger partial charge on any atom is -0.456 e. The van der Waals surface area contributed by atoms with Gasteiger partial charge < -0.3 is 15.0 Å². The van der Waals surface area contributed by atoms with Crippen LogP contribution in [-0.4, -0.2) is 36.2 Å². The number of hydrogen-bond donors (Lipinski definition) is 1. The van der Waals surface area contributed by atoms with Crippen molar-refractivity contribution in [2.75, 3.05) is 16.8 Å². The number of hydrogen-bond acceptors (Lipinski definition) is 6. The molecule has 0 spiro atoms. The van der Waals surface area contributed by atoms with Crippen molar-refractivity contribution in [3.63, 3.8) is 0 Å². The van der Waals surface area contributed by atoms with Crippen molar-refractivity contribution >= 4 is 46.3 Å². The summed E-state index contributed by atoms with van der Waals surface area (Å²) in [6.07, 6.45) is 0.0900. The van der Waals surface area contributed by atoms with Crippen molar-refractivity contribution in [2.24, 2.45) is 0 Å². The predicted octanol–water partition coefficient (Wildman–Crippen LogP) is 3.33. The van der Waals surface area contributed by atoms with E-state index in [1.54, 1.807) is 37.3 Å². The Bertz CT molecular complexity index is 952. The molecule has 0 fully saturated rings. The molecule has 29 heavy (non-hydrogen) atoms. The van der Waals surface area contributed by atoms with E-state index in [1.165, 1.54) is 16.2 Å². The van der Waals surface area contributed by atoms with Gasteiger partial charge in [-0.05, 0) is 38.1 Å². The number of benzene rings is 1. The molecule has 0 saturated heterocycles. The number of ether oxygens (including phenoxy) is 1. The van der Waals surface area contributed by atoms with Crippen LogP contribution in [0.1, 0.15) is 40.7 Å². The molecule has 3 rings (SSSR count). The number of Topliss-reactive ketones (excluding diaryl/α,β-unsaturated/α-hetero) is 1. The van der Waals surface area contributed by atoms with Crippen molar-refractivity contribution < 1.29 is 23.9 Å². The summed E-state index contributed by atoms with van der Waals surface area (Å²) in [5.74, 6) is -1.33. The van der Waals surface area contributed by atoms with Gasteiger partial charge in [0.25, 0.3) is 5.91 Å². The monoisotopic (exact) mass is 414 g/mol. The number of thiophene rings is 1. The standard InChI is InChI=1S/C21H22N2O5S/c1-13-11-19(25)22-15-5-3-4-6-16(15)23(13)20(26)12-28-21(27)10-8-17(24)18-9-7-14(2)29-18/h3-7,9,13H,8,10-12H2,1-2H3,(H,22,25). The Hall–Kier alpha value is -3.00. The van der Waals surface area contributed by atoms with E-state index < -0.39 is 18.5 Å². The number of fused-ring (bicyclic) bond motifs is 1. The van der Waals surface area contributed by atoms with Crippen molar-refractivity contribution in [1.82, 2.24) is 0 Å². The Morgan fingerprint density at radius 2 is 1.93 bits per heavy atom. The van der Waals surface area contributed by atoms with Gasteiger partial charge in [-0.1, -0.05) is 12.1 Å². The van der Waals surface area contributed by atoms with Gasteiger partial charge in [0.15, 0.2) is 12.4 Å². The third kappa shape index (κ3) is 5.08. The lowest BCUT2D eigenvalue weighted by atomic mass is 10.1. The Labute approximate surface area is 172 Å². The minimum absolute atomic E-state index is 0.0361. The van der Waals surface area contributed by atoms with Gasteiger partial charge in [0.2, 0.25) is 5.91 Å². The van der Waals surface area contributed by atoms with Gasteiger partial charge in [-0.15, -0.1) is 11.3 Å². The Kier molecular flexibility index (Phi) is 6.43. The summed E-state index contributed by atoms with van der Waals surface area (Å²) in [4.78, 5) is 51.9. The van der Waals surface area contributed by atoms with E-state index in [0.29, 0.717) is 16.3 Å². The molecule has 2 amide bonds. The number of aryl methyl sites for hydroxylation is 1. The number of rotatable bonds is 6. The molecule has 1 N–H and O–H groups in total. The molecule has 7 nitrogen and oxygen atoms in total. The second-order valence-corrected chi connectivity index (χ2v) is 8.16. The van der Waals surface area contributed by atoms with Gasteiger partial charge in [0, 0.05) is 23.8 Å². The topological polar surface area (TPSA) is 92.8 Å². The average Bonchev–Trinajstić information content (AvgIpc) is 3.06. The molecule has 0 saturated carbocycles. The SMILES string of the molecule is Cc1ccc(C(=O)CCC(=O)OCC(=O)N2c3ccccc3NC(=O)CC2C)s1. The zero-order valence-corrected chi connectivity index (χ0v) is 17.1. The highest BCUT2D eigenvalue weighted by molar-refractivity contribution is 7.14. The minimum atomic E-state index is -0.607. The van der Waals surface area contributed by atoms with Crippen LogP contribution in [0.2, 0.25) is 0 Å². The highest BCUT2D eigenvalue weighted by Crippen LogP contribution is 2.31. The lowest BCUT2D eigenvalue weighted by molar-refractivity contribution is -0.147. The van der Waals surface area contributed by atoms with Crippen LogP contribution >= 0.6 is 11.3 Å². The van der Waals surface area contributed by atoms with E-state index >= 15 is 0 Å². The van der Waals surface area contributed by atoms with Gasteiger partial charge in [-0.2, -0.15) is 0 Å². The number of nitrogens with zero attached hydrogens (tertiary/aromatic N) is 1. The zero-order chi connectivity index (χ0) is 21.0. The van der Waals surface area contributed by atoms with Crippen LogP contribution in [0, 0.1) is 6.92 Å². The predicted molar refractivity (Wildman–Crippen MR) is 110 cm³/mol. The zero-order valence-electron chi connectivity index (χ0n) is 16.3. The van der Waals surface area contributed by atoms with Gasteiger partial charge in [-0.3, -0.25) is 19.2 Å². The average molecular weight is 414 g/mol. The Balaban J connectivity index is 1.57. The quantitative estimate of drug-likeness (QED) is 0.578. The largest absolute Gasteiger partial charge is 0.456 e. The summed E-state index contributed by atoms with van der Waals surface area (Å²) in [5, 5.41) is 2.78. The number of carbonyl (C=O) groups is 4. The molecule has 2 heterocycles. The Morgan fingerprint density at radius 1 is 1.17 bits per heavy atom. The number of nitrogens with one attached hydrogen (secondary N) is 1. The Morgan fingerprint density at radius 3 is 2.66 bits per heavy atom. The van der Waals surface area contributed by atoms with Gasteiger partial charge in [0.05, 0.1) is 22.7 Å². The molecule has 1 aromatic heterocycles. The molecule has 0 radical (unpaired) electrons.